The van der Waals surface area contributed by atoms with E-state index in [0.29, 0.717) is 0 Å². The molecule has 440 valence electrons. The van der Waals surface area contributed by atoms with E-state index in [9.17, 15) is 0 Å². The van der Waals surface area contributed by atoms with Gasteiger partial charge in [0.05, 0.1) is 0 Å². The molecule has 0 unspecified atom stereocenters. The molecule has 46 nitrogen and oxygen atoms in total. The summed E-state index contributed by atoms with van der Waals surface area (Å²) >= 11 is 0. The summed E-state index contributed by atoms with van der Waals surface area (Å²) < 4.78 is 0. The van der Waals surface area contributed by atoms with Crippen molar-refractivity contribution < 1.29 is 472 Å². The molecule has 0 aromatic heterocycles. The van der Waals surface area contributed by atoms with E-state index in [0.717, 1.165) is 0 Å². The number of hydrogen-bond donors (Lipinski definition) is 6. The molecule has 58 heavy (non-hydrogen) atoms. The minimum atomic E-state index is 0. The Balaban J connectivity index is 0. The third-order valence-electron chi connectivity index (χ3n) is 0. The van der Waals surface area contributed by atoms with Gasteiger partial charge < -0.3 is 256 Å². The Morgan fingerprint density at radius 3 is 0.0690 bits per heavy atom. The molecule has 58 heteroatoms. The predicted octanol–water partition coefficient (Wildman–Crippen LogP) is -30.1. The largest absolute Gasteiger partial charge is 0.870 e. The molecule has 0 saturated carbocycles. The molecule has 0 aliphatic rings. The molecule has 0 aromatic rings. The molecule has 0 rings (SSSR count). The Morgan fingerprint density at radius 2 is 0.0690 bits per heavy atom. The Morgan fingerprint density at radius 1 is 0.0690 bits per heavy atom. The fourth-order valence-electron chi connectivity index (χ4n) is 0. The summed E-state index contributed by atoms with van der Waals surface area (Å²) in [7, 11) is 0. The van der Waals surface area contributed by atoms with Crippen LogP contribution in [0.5, 0.6) is 0 Å². The molecule has 0 aliphatic carbocycles. The average molecular weight is 3030 g/mol. The van der Waals surface area contributed by atoms with Gasteiger partial charge in [-0.1, -0.05) is 0 Å². The maximum atomic E-state index is 0. The zero-order chi connectivity index (χ0) is 0. The zero-order valence-electron chi connectivity index (χ0n) is 29.0. The van der Waals surface area contributed by atoms with E-state index >= 15 is 0 Å². The molecule has 0 fully saturated rings. The minimum Gasteiger partial charge on any atom is -0.870 e. The van der Waals surface area contributed by atoms with E-state index < -0.39 is 0 Å². The Kier molecular flexibility index (Phi) is 650000. The quantitative estimate of drug-likeness (QED) is 0.134. The van der Waals surface area contributed by atoms with E-state index in [1.807, 2.05) is 0 Å². The smallest absolute Gasteiger partial charge is 0 e. The van der Waals surface area contributed by atoms with Gasteiger partial charge in [-0.05, 0) is 0 Å². The maximum Gasteiger partial charge on any atom is 0 e. The van der Waals surface area contributed by atoms with Gasteiger partial charge in [-0.3, -0.25) is 0 Å². The monoisotopic (exact) mass is 3030 g/mol. The standard InChI is InChI=1S/6H3N.40H2O.12W/h6*1H3;40*1H2;;;;;;;;;;;;/p-3. The van der Waals surface area contributed by atoms with Gasteiger partial charge in [-0.25, -0.2) is 0 Å². The molecule has 0 aromatic carbocycles. The van der Waals surface area contributed by atoms with Crippen molar-refractivity contribution in [2.24, 2.45) is 0 Å². The summed E-state index contributed by atoms with van der Waals surface area (Å²) in [6.45, 7) is 0. The van der Waals surface area contributed by atoms with Gasteiger partial charge >= 0.3 is 0 Å². The molecular weight excluding hydrogens is 2930 g/mol. The molecule has 0 radical (unpaired) electrons. The zero-order valence-corrected chi connectivity index (χ0v) is 64.2. The van der Waals surface area contributed by atoms with Crippen LogP contribution in [0.4, 0.5) is 0 Å². The minimum absolute atomic E-state index is 0. The van der Waals surface area contributed by atoms with Gasteiger partial charge in [0.15, 0.2) is 0 Å². The molecule has 0 bridgehead atoms. The van der Waals surface area contributed by atoms with Crippen molar-refractivity contribution in [1.29, 1.82) is 0 Å². The van der Waals surface area contributed by atoms with Crippen LogP contribution in [-0.2, 0) is 253 Å². The molecule has 0 atom stereocenters. The fourth-order valence-corrected chi connectivity index (χ4v) is 0. The third-order valence-corrected chi connectivity index (χ3v) is 0. The summed E-state index contributed by atoms with van der Waals surface area (Å²) in [5, 5.41) is 0. The van der Waals surface area contributed by atoms with Gasteiger partial charge in [0, 0.05) is 253 Å². The van der Waals surface area contributed by atoms with Gasteiger partial charge in [0.2, 0.25) is 0 Å². The van der Waals surface area contributed by atoms with Crippen LogP contribution in [0, 0.1) is 0 Å². The predicted molar refractivity (Wildman–Crippen MR) is 170 cm³/mol. The molecule has 95 N–H and O–H groups in total. The van der Waals surface area contributed by atoms with Crippen molar-refractivity contribution in [3.63, 3.8) is 0 Å². The Hall–Kier alpha value is 6.42. The molecule has 0 aliphatic heterocycles. The summed E-state index contributed by atoms with van der Waals surface area (Å²) in [5.74, 6) is 0. The molecule has 0 saturated heterocycles. The second-order valence-electron chi connectivity index (χ2n) is 0. The SMILES string of the molecule is N.N.N.N.N.N.O.O.O.O.O.O.O.O.O.O.O.O.O.O.O.O.O.O.O.O.O.O.O.O.O.O.O.O.O.O.O.O.O.O.O.O.O.[OH-].[OH-].[OH-].[W].[W].[W].[W].[W].[W].[W].[W].[W].[W].[W].[W]. The first-order chi connectivity index (χ1) is 0. The van der Waals surface area contributed by atoms with E-state index in [1.54, 1.807) is 0 Å². The number of rotatable bonds is 0. The van der Waals surface area contributed by atoms with Crippen LogP contribution in [0.2, 0.25) is 0 Å². The van der Waals surface area contributed by atoms with E-state index in [-0.39, 0.29) is 509 Å². The molecule has 0 spiro atoms. The normalized spacial score (nSPS) is 0. The van der Waals surface area contributed by atoms with Crippen LogP contribution >= 0.6 is 0 Å². The van der Waals surface area contributed by atoms with Crippen LogP contribution in [-0.4, -0.2) is 219 Å². The summed E-state index contributed by atoms with van der Waals surface area (Å²) in [6.07, 6.45) is 0. The average Bonchev–Trinajstić information content (AvgIpc) is 0. The number of hydrogen-bond acceptors (Lipinski definition) is 9. The van der Waals surface area contributed by atoms with Crippen LogP contribution < -0.4 is 36.9 Å². The summed E-state index contributed by atoms with van der Waals surface area (Å²) in [5.41, 5.74) is 0. The van der Waals surface area contributed by atoms with Gasteiger partial charge in [-0.2, -0.15) is 0 Å². The first kappa shape index (κ1) is 6290. The maximum absolute atomic E-state index is 0. The third kappa shape index (κ3) is 5710. The van der Waals surface area contributed by atoms with Gasteiger partial charge in [0.25, 0.3) is 0 Å². The summed E-state index contributed by atoms with van der Waals surface area (Å²) in [6, 6.07) is 0. The van der Waals surface area contributed by atoms with Crippen LogP contribution in [0.1, 0.15) is 0 Å². The second-order valence-corrected chi connectivity index (χ2v) is 0. The van der Waals surface area contributed by atoms with Crippen molar-refractivity contribution in [1.82, 2.24) is 36.9 Å². The topological polar surface area (TPSA) is 1470 Å². The van der Waals surface area contributed by atoms with Crippen molar-refractivity contribution in [2.45, 2.75) is 0 Å². The van der Waals surface area contributed by atoms with Crippen molar-refractivity contribution in [3.05, 3.63) is 0 Å². The van der Waals surface area contributed by atoms with Gasteiger partial charge in [-0.15, -0.1) is 0 Å². The van der Waals surface area contributed by atoms with Crippen molar-refractivity contribution in [3.8, 4) is 0 Å². The van der Waals surface area contributed by atoms with E-state index in [4.69, 9.17) is 0 Å². The Bertz CT molecular complexity index is 68.4. The van der Waals surface area contributed by atoms with E-state index in [2.05, 4.69) is 0 Å². The fraction of sp³-hybridized carbons (Fsp3) is 0. The van der Waals surface area contributed by atoms with Crippen LogP contribution in [0.25, 0.3) is 0 Å². The van der Waals surface area contributed by atoms with E-state index in [1.165, 1.54) is 0 Å². The first-order valence-corrected chi connectivity index (χ1v) is 0. The Labute approximate surface area is 502 Å². The second kappa shape index (κ2) is 6000. The van der Waals surface area contributed by atoms with Gasteiger partial charge in [0.1, 0.15) is 0 Å². The van der Waals surface area contributed by atoms with Crippen molar-refractivity contribution in [2.75, 3.05) is 0 Å². The molecule has 0 amide bonds. The van der Waals surface area contributed by atoms with Crippen LogP contribution in [0.3, 0.4) is 0 Å². The molecular formula is H95N6O40W12-3. The molecule has 0 heterocycles. The van der Waals surface area contributed by atoms with Crippen molar-refractivity contribution >= 4 is 0 Å². The van der Waals surface area contributed by atoms with Crippen LogP contribution in [0.15, 0.2) is 0 Å². The first-order valence-electron chi connectivity index (χ1n) is 0. The summed E-state index contributed by atoms with van der Waals surface area (Å²) in [4.78, 5) is 0.